The van der Waals surface area contributed by atoms with E-state index in [1.807, 2.05) is 0 Å². The largest absolute Gasteiger partial charge is 0.350 e. The van der Waals surface area contributed by atoms with Crippen LogP contribution in [0.2, 0.25) is 0 Å². The number of nitrogens with zero attached hydrogens (tertiary/aromatic N) is 3. The summed E-state index contributed by atoms with van der Waals surface area (Å²) in [4.78, 5) is 11.8. The number of nitrogens with one attached hydrogen (secondary N) is 1. The van der Waals surface area contributed by atoms with Crippen molar-refractivity contribution >= 4 is 15.9 Å². The van der Waals surface area contributed by atoms with Crippen molar-refractivity contribution in [3.8, 4) is 0 Å². The molecule has 0 aliphatic rings. The highest BCUT2D eigenvalue weighted by molar-refractivity contribution is 7.89. The molecule has 0 saturated heterocycles. The molecule has 1 aromatic carbocycles. The monoisotopic (exact) mass is 309 g/mol. The van der Waals surface area contributed by atoms with Crippen LogP contribution in [0.1, 0.15) is 11.3 Å². The maximum atomic E-state index is 11.7. The summed E-state index contributed by atoms with van der Waals surface area (Å²) in [6, 6.07) is 6.00. The first kappa shape index (κ1) is 15.1. The van der Waals surface area contributed by atoms with Gasteiger partial charge in [-0.15, -0.1) is 5.10 Å². The van der Waals surface area contributed by atoms with E-state index in [2.05, 4.69) is 15.6 Å². The van der Waals surface area contributed by atoms with Crippen LogP contribution in [0.25, 0.3) is 0 Å². The molecular formula is C12H15N5O3S. The third kappa shape index (κ3) is 4.10. The number of rotatable bonds is 5. The SMILES string of the molecule is Cc1cnnn1CC(=O)NCc1ccc(S(N)(=O)=O)cc1. The Bertz CT molecular complexity index is 737. The second-order valence-electron chi connectivity index (χ2n) is 4.50. The highest BCUT2D eigenvalue weighted by atomic mass is 32.2. The third-order valence-electron chi connectivity index (χ3n) is 2.85. The van der Waals surface area contributed by atoms with Gasteiger partial charge in [-0.1, -0.05) is 17.3 Å². The molecule has 21 heavy (non-hydrogen) atoms. The van der Waals surface area contributed by atoms with E-state index in [0.717, 1.165) is 11.3 Å². The second kappa shape index (κ2) is 6.02. The molecule has 1 amide bonds. The summed E-state index contributed by atoms with van der Waals surface area (Å²) >= 11 is 0. The maximum Gasteiger partial charge on any atom is 0.242 e. The Morgan fingerprint density at radius 2 is 2.00 bits per heavy atom. The number of hydrogen-bond donors (Lipinski definition) is 2. The standard InChI is InChI=1S/C12H15N5O3S/c1-9-6-15-16-17(9)8-12(18)14-7-10-2-4-11(5-3-10)21(13,19)20/h2-6H,7-8H2,1H3,(H,14,18)(H2,13,19,20). The Hall–Kier alpha value is -2.26. The van der Waals surface area contributed by atoms with Gasteiger partial charge in [0, 0.05) is 6.54 Å². The quantitative estimate of drug-likeness (QED) is 0.775. The predicted molar refractivity (Wildman–Crippen MR) is 74.4 cm³/mol. The summed E-state index contributed by atoms with van der Waals surface area (Å²) < 4.78 is 23.7. The lowest BCUT2D eigenvalue weighted by molar-refractivity contribution is -0.122. The number of amides is 1. The summed E-state index contributed by atoms with van der Waals surface area (Å²) in [5.41, 5.74) is 1.56. The van der Waals surface area contributed by atoms with Crippen LogP contribution in [0.5, 0.6) is 0 Å². The fourth-order valence-electron chi connectivity index (χ4n) is 1.65. The van der Waals surface area contributed by atoms with Gasteiger partial charge in [0.25, 0.3) is 0 Å². The molecule has 2 rings (SSSR count). The zero-order chi connectivity index (χ0) is 15.5. The minimum absolute atomic E-state index is 0.0378. The Morgan fingerprint density at radius 1 is 1.33 bits per heavy atom. The highest BCUT2D eigenvalue weighted by Crippen LogP contribution is 2.08. The summed E-state index contributed by atoms with van der Waals surface area (Å²) in [5, 5.41) is 15.2. The molecule has 0 fully saturated rings. The van der Waals surface area contributed by atoms with Gasteiger partial charge in [-0.2, -0.15) is 0 Å². The Morgan fingerprint density at radius 3 is 2.52 bits per heavy atom. The van der Waals surface area contributed by atoms with E-state index in [1.54, 1.807) is 25.3 Å². The van der Waals surface area contributed by atoms with Crippen molar-refractivity contribution < 1.29 is 13.2 Å². The van der Waals surface area contributed by atoms with E-state index in [1.165, 1.54) is 16.8 Å². The lowest BCUT2D eigenvalue weighted by Crippen LogP contribution is -2.28. The fourth-order valence-corrected chi connectivity index (χ4v) is 2.17. The van der Waals surface area contributed by atoms with E-state index in [9.17, 15) is 13.2 Å². The van der Waals surface area contributed by atoms with Gasteiger partial charge >= 0.3 is 0 Å². The van der Waals surface area contributed by atoms with Crippen LogP contribution in [0.3, 0.4) is 0 Å². The van der Waals surface area contributed by atoms with Crippen molar-refractivity contribution in [2.45, 2.75) is 24.9 Å². The normalized spacial score (nSPS) is 11.3. The molecule has 112 valence electrons. The molecule has 0 aliphatic heterocycles. The molecule has 1 heterocycles. The van der Waals surface area contributed by atoms with E-state index in [-0.39, 0.29) is 23.9 Å². The van der Waals surface area contributed by atoms with Gasteiger partial charge in [0.05, 0.1) is 16.8 Å². The zero-order valence-corrected chi connectivity index (χ0v) is 12.2. The van der Waals surface area contributed by atoms with Gasteiger partial charge in [0.2, 0.25) is 15.9 Å². The van der Waals surface area contributed by atoms with Crippen molar-refractivity contribution in [2.24, 2.45) is 5.14 Å². The van der Waals surface area contributed by atoms with E-state index >= 15 is 0 Å². The molecule has 3 N–H and O–H groups in total. The van der Waals surface area contributed by atoms with Crippen LogP contribution >= 0.6 is 0 Å². The Labute approximate surface area is 122 Å². The van der Waals surface area contributed by atoms with Gasteiger partial charge < -0.3 is 5.32 Å². The lowest BCUT2D eigenvalue weighted by Gasteiger charge is -2.07. The summed E-state index contributed by atoms with van der Waals surface area (Å²) in [6.07, 6.45) is 1.57. The third-order valence-corrected chi connectivity index (χ3v) is 3.78. The molecule has 1 aromatic heterocycles. The molecule has 2 aromatic rings. The number of aromatic nitrogens is 3. The molecular weight excluding hydrogens is 294 g/mol. The summed E-state index contributed by atoms with van der Waals surface area (Å²) in [5.74, 6) is -0.209. The van der Waals surface area contributed by atoms with Crippen LogP contribution < -0.4 is 10.5 Å². The average molecular weight is 309 g/mol. The summed E-state index contributed by atoms with van der Waals surface area (Å²) in [7, 11) is -3.70. The molecule has 0 atom stereocenters. The van der Waals surface area contributed by atoms with Crippen molar-refractivity contribution in [1.29, 1.82) is 0 Å². The minimum Gasteiger partial charge on any atom is -0.350 e. The van der Waals surface area contributed by atoms with Gasteiger partial charge in [-0.25, -0.2) is 18.2 Å². The molecule has 0 radical (unpaired) electrons. The highest BCUT2D eigenvalue weighted by Gasteiger charge is 2.08. The Balaban J connectivity index is 1.91. The van der Waals surface area contributed by atoms with Crippen LogP contribution in [0.4, 0.5) is 0 Å². The first-order valence-corrected chi connectivity index (χ1v) is 7.64. The molecule has 0 aliphatic carbocycles. The zero-order valence-electron chi connectivity index (χ0n) is 11.4. The van der Waals surface area contributed by atoms with Crippen molar-refractivity contribution in [3.05, 3.63) is 41.7 Å². The lowest BCUT2D eigenvalue weighted by atomic mass is 10.2. The van der Waals surface area contributed by atoms with Gasteiger partial charge in [-0.05, 0) is 24.6 Å². The first-order chi connectivity index (χ1) is 9.86. The Kier molecular flexibility index (Phi) is 4.34. The number of sulfonamides is 1. The number of hydrogen-bond acceptors (Lipinski definition) is 5. The van der Waals surface area contributed by atoms with Gasteiger partial charge in [0.1, 0.15) is 6.54 Å². The smallest absolute Gasteiger partial charge is 0.242 e. The van der Waals surface area contributed by atoms with Crippen LogP contribution in [-0.4, -0.2) is 29.3 Å². The molecule has 0 spiro atoms. The van der Waals surface area contributed by atoms with Crippen molar-refractivity contribution in [3.63, 3.8) is 0 Å². The second-order valence-corrected chi connectivity index (χ2v) is 6.06. The van der Waals surface area contributed by atoms with E-state index in [0.29, 0.717) is 0 Å². The van der Waals surface area contributed by atoms with Crippen LogP contribution in [0.15, 0.2) is 35.4 Å². The topological polar surface area (TPSA) is 120 Å². The number of carbonyl (C=O) groups is 1. The van der Waals surface area contributed by atoms with E-state index in [4.69, 9.17) is 5.14 Å². The number of aryl methyl sites for hydroxylation is 1. The number of carbonyl (C=O) groups excluding carboxylic acids is 1. The fraction of sp³-hybridized carbons (Fsp3) is 0.250. The van der Waals surface area contributed by atoms with Crippen LogP contribution in [0, 0.1) is 6.92 Å². The van der Waals surface area contributed by atoms with Gasteiger partial charge in [-0.3, -0.25) is 4.79 Å². The number of benzene rings is 1. The summed E-state index contributed by atoms with van der Waals surface area (Å²) in [6.45, 7) is 2.18. The van der Waals surface area contributed by atoms with Crippen molar-refractivity contribution in [1.82, 2.24) is 20.3 Å². The van der Waals surface area contributed by atoms with Crippen molar-refractivity contribution in [2.75, 3.05) is 0 Å². The first-order valence-electron chi connectivity index (χ1n) is 6.10. The van der Waals surface area contributed by atoms with E-state index < -0.39 is 10.0 Å². The predicted octanol–water partition coefficient (Wildman–Crippen LogP) is -0.450. The number of nitrogens with two attached hydrogens (primary N) is 1. The average Bonchev–Trinajstić information content (AvgIpc) is 2.81. The number of primary sulfonamides is 1. The minimum atomic E-state index is -3.70. The molecule has 0 saturated carbocycles. The maximum absolute atomic E-state index is 11.7. The van der Waals surface area contributed by atoms with Gasteiger partial charge in [0.15, 0.2) is 0 Å². The molecule has 0 bridgehead atoms. The molecule has 0 unspecified atom stereocenters. The molecule has 8 nitrogen and oxygen atoms in total. The molecule has 9 heteroatoms. The van der Waals surface area contributed by atoms with Crippen LogP contribution in [-0.2, 0) is 27.9 Å².